The number of thiophene rings is 2. The van der Waals surface area contributed by atoms with Crippen LogP contribution in [0.5, 0.6) is 11.5 Å². The molecule has 2 atom stereocenters. The molecule has 12 heteroatoms. The van der Waals surface area contributed by atoms with Gasteiger partial charge < -0.3 is 9.47 Å². The van der Waals surface area contributed by atoms with Gasteiger partial charge in [-0.15, -0.1) is 22.7 Å². The molecule has 0 N–H and O–H groups in total. The number of allylic oxidation sites excluding steroid dienone is 6. The van der Waals surface area contributed by atoms with Crippen molar-refractivity contribution in [3.63, 3.8) is 0 Å². The summed E-state index contributed by atoms with van der Waals surface area (Å²) in [7, 11) is 0. The van der Waals surface area contributed by atoms with Crippen LogP contribution in [0.25, 0.3) is 34.4 Å². The Hall–Kier alpha value is -5.72. The highest BCUT2D eigenvalue weighted by Crippen LogP contribution is 2.60. The van der Waals surface area contributed by atoms with Crippen molar-refractivity contribution in [3.8, 4) is 11.5 Å². The molecule has 2 aromatic heterocycles. The van der Waals surface area contributed by atoms with Gasteiger partial charge in [0.25, 0.3) is 0 Å². The van der Waals surface area contributed by atoms with Crippen molar-refractivity contribution in [2.24, 2.45) is 11.8 Å². The number of hydrogen-bond acceptors (Lipinski definition) is 8. The van der Waals surface area contributed by atoms with Gasteiger partial charge in [-0.2, -0.15) is 0 Å². The highest BCUT2D eigenvalue weighted by atomic mass is 32.1. The average Bonchev–Trinajstić information content (AvgIpc) is 3.97. The third-order valence-electron chi connectivity index (χ3n) is 13.9. The second-order valence-corrected chi connectivity index (χ2v) is 19.7. The van der Waals surface area contributed by atoms with Gasteiger partial charge >= 0.3 is 0 Å². The number of carbonyl (C=O) groups excluding carboxylic acids is 4. The van der Waals surface area contributed by atoms with E-state index in [4.69, 9.17) is 9.47 Å². The number of Topliss-reactive ketones (excluding diaryl/α,β-unsaturated/α-hetero) is 4. The molecule has 62 heavy (non-hydrogen) atoms. The number of halogens is 4. The van der Waals surface area contributed by atoms with Gasteiger partial charge in [0, 0.05) is 67.1 Å². The van der Waals surface area contributed by atoms with Gasteiger partial charge in [0.15, 0.2) is 0 Å². The van der Waals surface area contributed by atoms with Crippen molar-refractivity contribution in [2.75, 3.05) is 0 Å². The Morgan fingerprint density at radius 3 is 1.32 bits per heavy atom. The fraction of sp³-hybridized carbons (Fsp3) is 0.280. The molecule has 0 radical (unpaired) electrons. The van der Waals surface area contributed by atoms with Gasteiger partial charge in [-0.1, -0.05) is 37.1 Å². The first-order valence-electron chi connectivity index (χ1n) is 21.1. The van der Waals surface area contributed by atoms with Crippen LogP contribution < -0.4 is 9.47 Å². The topological polar surface area (TPSA) is 86.7 Å². The minimum absolute atomic E-state index is 0.0382. The maximum Gasteiger partial charge on any atom is 0.237 e. The fourth-order valence-corrected chi connectivity index (χ4v) is 13.3. The number of fused-ring (bicyclic) bond motifs is 11. The summed E-state index contributed by atoms with van der Waals surface area (Å²) < 4.78 is 72.3. The van der Waals surface area contributed by atoms with Gasteiger partial charge in [-0.25, -0.2) is 17.6 Å². The maximum atomic E-state index is 14.7. The predicted octanol–water partition coefficient (Wildman–Crippen LogP) is 11.7. The van der Waals surface area contributed by atoms with Crippen LogP contribution in [0.4, 0.5) is 17.6 Å². The van der Waals surface area contributed by atoms with Crippen LogP contribution in [0.1, 0.15) is 116 Å². The molecule has 0 amide bonds. The summed E-state index contributed by atoms with van der Waals surface area (Å²) in [6.07, 6.45) is 21.8. The quantitative estimate of drug-likeness (QED) is 0.113. The van der Waals surface area contributed by atoms with E-state index in [1.54, 1.807) is 12.2 Å². The Kier molecular flexibility index (Phi) is 8.21. The minimum atomic E-state index is -1.06. The van der Waals surface area contributed by atoms with Crippen molar-refractivity contribution in [1.29, 1.82) is 0 Å². The van der Waals surface area contributed by atoms with Crippen LogP contribution in [0.2, 0.25) is 0 Å². The van der Waals surface area contributed by atoms with Crippen molar-refractivity contribution >= 4 is 80.3 Å². The molecule has 310 valence electrons. The van der Waals surface area contributed by atoms with E-state index in [-0.39, 0.29) is 34.1 Å². The molecule has 2 spiro atoms. The van der Waals surface area contributed by atoms with Gasteiger partial charge in [-0.05, 0) is 98.9 Å². The summed E-state index contributed by atoms with van der Waals surface area (Å²) in [4.78, 5) is 55.0. The Labute approximate surface area is 360 Å². The van der Waals surface area contributed by atoms with E-state index in [1.807, 2.05) is 12.1 Å². The molecule has 2 aromatic carbocycles. The largest absolute Gasteiger partial charge is 0.481 e. The molecule has 2 unspecified atom stereocenters. The van der Waals surface area contributed by atoms with E-state index in [0.717, 1.165) is 108 Å². The number of ketones is 4. The van der Waals surface area contributed by atoms with Gasteiger partial charge in [-0.3, -0.25) is 19.2 Å². The number of carbonyl (C=O) groups is 4. The molecule has 6 aliphatic carbocycles. The minimum Gasteiger partial charge on any atom is -0.481 e. The van der Waals surface area contributed by atoms with E-state index in [9.17, 15) is 36.7 Å². The molecule has 2 aliphatic heterocycles. The predicted molar refractivity (Wildman–Crippen MR) is 228 cm³/mol. The van der Waals surface area contributed by atoms with E-state index in [0.29, 0.717) is 33.4 Å². The molecule has 12 rings (SSSR count). The smallest absolute Gasteiger partial charge is 0.237 e. The first kappa shape index (κ1) is 38.0. The average molecular weight is 871 g/mol. The first-order valence-corrected chi connectivity index (χ1v) is 22.7. The number of hydrogen-bond donors (Lipinski definition) is 0. The summed E-state index contributed by atoms with van der Waals surface area (Å²) in [5.74, 6) is -6.31. The normalized spacial score (nSPS) is 24.9. The second-order valence-electron chi connectivity index (χ2n) is 17.5. The Bertz CT molecular complexity index is 2810. The molecule has 4 heterocycles. The lowest BCUT2D eigenvalue weighted by Gasteiger charge is -2.48. The van der Waals surface area contributed by atoms with E-state index in [2.05, 4.69) is 24.3 Å². The second kappa shape index (κ2) is 13.4. The summed E-state index contributed by atoms with van der Waals surface area (Å²) in [5, 5.41) is 0. The van der Waals surface area contributed by atoms with Crippen LogP contribution in [-0.2, 0) is 9.59 Å². The summed E-state index contributed by atoms with van der Waals surface area (Å²) >= 11 is 2.83. The van der Waals surface area contributed by atoms with Crippen molar-refractivity contribution < 1.29 is 46.2 Å². The zero-order valence-electron chi connectivity index (χ0n) is 32.9. The van der Waals surface area contributed by atoms with Crippen LogP contribution in [-0.4, -0.2) is 34.3 Å². The summed E-state index contributed by atoms with van der Waals surface area (Å²) in [5.41, 5.74) is 2.19. The maximum absolute atomic E-state index is 14.7. The molecular formula is C50H34F4O6S2. The van der Waals surface area contributed by atoms with E-state index >= 15 is 0 Å². The Balaban J connectivity index is 0.968. The zero-order chi connectivity index (χ0) is 42.4. The third kappa shape index (κ3) is 5.44. The van der Waals surface area contributed by atoms with Crippen LogP contribution in [0, 0.1) is 35.1 Å². The van der Waals surface area contributed by atoms with Crippen molar-refractivity contribution in [1.82, 2.24) is 0 Å². The third-order valence-corrected chi connectivity index (χ3v) is 16.1. The van der Waals surface area contributed by atoms with Crippen LogP contribution >= 0.6 is 22.7 Å². The van der Waals surface area contributed by atoms with Crippen molar-refractivity contribution in [2.45, 2.75) is 75.4 Å². The number of ether oxygens (including phenoxy) is 2. The molecular weight excluding hydrogens is 837 g/mol. The number of benzene rings is 2. The first-order chi connectivity index (χ1) is 29.9. The molecule has 0 saturated heterocycles. The van der Waals surface area contributed by atoms with Crippen LogP contribution in [0.3, 0.4) is 0 Å². The highest BCUT2D eigenvalue weighted by molar-refractivity contribution is 7.15. The van der Waals surface area contributed by atoms with Crippen molar-refractivity contribution in [3.05, 3.63) is 137 Å². The number of rotatable bonds is 2. The summed E-state index contributed by atoms with van der Waals surface area (Å²) in [6, 6.07) is 7.04. The molecule has 0 bridgehead atoms. The van der Waals surface area contributed by atoms with Crippen LogP contribution in [0.15, 0.2) is 71.8 Å². The highest BCUT2D eigenvalue weighted by Gasteiger charge is 2.50. The molecule has 8 aliphatic rings. The lowest BCUT2D eigenvalue weighted by Crippen LogP contribution is -2.45. The lowest BCUT2D eigenvalue weighted by molar-refractivity contribution is -0.110. The standard InChI is InChI=1S/C50H34F4O6S2/c51-25-15-29-31(43(55)45(57)41(29)37(53)17-25)19-27-21-39-47(61-27)33-11-24-14-36-34(12-23(24)13-35(33)49(59-39)7-3-1-4-8-49)48-40(60-50(36)9-5-2-6-10-50)22-28(62-48)20-32-30-16-26(52)18-38(54)42(30)46(58)44(32)56/h11-24H,1-10H2/b31-19-,32-20-. The lowest BCUT2D eigenvalue weighted by atomic mass is 9.65. The summed E-state index contributed by atoms with van der Waals surface area (Å²) in [6.45, 7) is 0. The van der Waals surface area contributed by atoms with E-state index in [1.165, 1.54) is 22.7 Å². The van der Waals surface area contributed by atoms with E-state index < -0.39 is 68.7 Å². The molecule has 6 nitrogen and oxygen atoms in total. The fourth-order valence-electron chi connectivity index (χ4n) is 11.2. The van der Waals surface area contributed by atoms with Gasteiger partial charge in [0.1, 0.15) is 46.0 Å². The molecule has 2 saturated carbocycles. The zero-order valence-corrected chi connectivity index (χ0v) is 34.6. The molecule has 4 aromatic rings. The molecule has 2 fully saturated rings. The van der Waals surface area contributed by atoms with Gasteiger partial charge in [0.05, 0.1) is 20.9 Å². The van der Waals surface area contributed by atoms with Gasteiger partial charge in [0.2, 0.25) is 23.1 Å². The Morgan fingerprint density at radius 2 is 0.919 bits per heavy atom. The SMILES string of the molecule is O=C1C(=O)c2c(F)cc(F)cc2/C1=C/c1cc2c(s1)C1=CC3C=C4C(=CC3C=C1C1(CCCCC1)O2)c1sc(/C=C2\C(=O)C(=O)c3c(F)cc(F)cc32)cc1OC41CCCCC1. The Morgan fingerprint density at radius 1 is 0.516 bits per heavy atom. The monoisotopic (exact) mass is 870 g/mol.